The molecule has 1 aromatic heterocycles. The fourth-order valence-corrected chi connectivity index (χ4v) is 11.6. The van der Waals surface area contributed by atoms with Crippen LogP contribution >= 0.6 is 29.2 Å². The van der Waals surface area contributed by atoms with Gasteiger partial charge in [-0.3, -0.25) is 8.28 Å². The summed E-state index contributed by atoms with van der Waals surface area (Å²) >= 11 is 2.08. The van der Waals surface area contributed by atoms with Crippen LogP contribution in [-0.4, -0.2) is 14.3 Å². The molecule has 0 spiro atoms. The molecule has 2 nitrogen and oxygen atoms in total. The monoisotopic (exact) mass is 636 g/mol. The van der Waals surface area contributed by atoms with Crippen molar-refractivity contribution in [2.75, 3.05) is 0 Å². The zero-order chi connectivity index (χ0) is 26.9. The first-order valence-electron chi connectivity index (χ1n) is 13.3. The number of halogens is 2. The molecule has 6 rings (SSSR count). The number of nitrogens with zero attached hydrogens (tertiary/aromatic N) is 2. The Morgan fingerprint density at radius 3 is 2.37 bits per heavy atom. The van der Waals surface area contributed by atoms with Crippen LogP contribution in [0.15, 0.2) is 83.6 Å². The number of fused-ring (bicyclic) bond motifs is 2. The first kappa shape index (κ1) is 25.8. The van der Waals surface area contributed by atoms with Crippen LogP contribution in [0, 0.1) is 20.8 Å². The third-order valence-electron chi connectivity index (χ3n) is 8.14. The smallest absolute Gasteiger partial charge is 0.129 e. The van der Waals surface area contributed by atoms with Crippen LogP contribution in [0.1, 0.15) is 67.3 Å². The van der Waals surface area contributed by atoms with E-state index in [4.69, 9.17) is 0 Å². The Balaban J connectivity index is 1.71. The standard InChI is InChI=1S/C33H34FIN2S/c1-20-11-7-9-13-29(20)26-17-27(30-14-10-8-12-21(30)2)19-28(18-26)31-32-22(3)15-24(5)36(32)38(34,35)37-25(6)16-23(4)33(31)37/h7-9,11-13,15-19,24H,10,14H2,1-6H3. The summed E-state index contributed by atoms with van der Waals surface area (Å²) in [5.74, 6) is 0. The molecule has 0 fully saturated rings. The Labute approximate surface area is 240 Å². The molecule has 2 aromatic carbocycles. The highest BCUT2D eigenvalue weighted by Gasteiger charge is 2.47. The molecule has 196 valence electrons. The van der Waals surface area contributed by atoms with Gasteiger partial charge in [-0.25, -0.2) is 0 Å². The molecule has 3 aromatic rings. The minimum Gasteiger partial charge on any atom is -0.279 e. The molecule has 0 saturated heterocycles. The van der Waals surface area contributed by atoms with Crippen molar-refractivity contribution in [1.29, 1.82) is 0 Å². The van der Waals surface area contributed by atoms with Crippen molar-refractivity contribution in [3.63, 3.8) is 0 Å². The molecule has 2 aliphatic heterocycles. The molecule has 3 heterocycles. The van der Waals surface area contributed by atoms with E-state index in [2.05, 4.69) is 123 Å². The summed E-state index contributed by atoms with van der Waals surface area (Å²) in [5.41, 5.74) is 15.3. The first-order valence-corrected chi connectivity index (χ1v) is 17.3. The quantitative estimate of drug-likeness (QED) is 0.260. The third kappa shape index (κ3) is 3.88. The second kappa shape index (κ2) is 9.30. The minimum absolute atomic E-state index is 0.000360. The summed E-state index contributed by atoms with van der Waals surface area (Å²) in [6, 6.07) is 17.8. The van der Waals surface area contributed by atoms with Crippen molar-refractivity contribution < 1.29 is 3.89 Å². The van der Waals surface area contributed by atoms with Gasteiger partial charge in [0.05, 0.1) is 38.6 Å². The maximum absolute atomic E-state index is 16.9. The first-order chi connectivity index (χ1) is 18.1. The van der Waals surface area contributed by atoms with Gasteiger partial charge in [0.25, 0.3) is 0 Å². The molecule has 0 radical (unpaired) electrons. The Morgan fingerprint density at radius 2 is 1.63 bits per heavy atom. The van der Waals surface area contributed by atoms with Crippen molar-refractivity contribution in [2.24, 2.45) is 0 Å². The summed E-state index contributed by atoms with van der Waals surface area (Å²) in [6.07, 6.45) is 8.83. The van der Waals surface area contributed by atoms with Gasteiger partial charge in [-0.2, -0.15) is 0 Å². The van der Waals surface area contributed by atoms with Crippen LogP contribution in [0.3, 0.4) is 0 Å². The summed E-state index contributed by atoms with van der Waals surface area (Å²) in [7, 11) is -2.77. The van der Waals surface area contributed by atoms with Gasteiger partial charge in [0.2, 0.25) is 0 Å². The van der Waals surface area contributed by atoms with E-state index in [1.54, 1.807) is 0 Å². The van der Waals surface area contributed by atoms with Crippen LogP contribution in [0.2, 0.25) is 0 Å². The highest BCUT2D eigenvalue weighted by Crippen LogP contribution is 2.71. The molecule has 2 atom stereocenters. The predicted octanol–water partition coefficient (Wildman–Crippen LogP) is 10.3. The van der Waals surface area contributed by atoms with E-state index in [1.165, 1.54) is 33.4 Å². The van der Waals surface area contributed by atoms with Crippen molar-refractivity contribution >= 4 is 40.3 Å². The Morgan fingerprint density at radius 1 is 0.921 bits per heavy atom. The number of aromatic nitrogens is 1. The van der Waals surface area contributed by atoms with E-state index in [0.717, 1.165) is 52.2 Å². The zero-order valence-electron chi connectivity index (χ0n) is 22.9. The average molecular weight is 637 g/mol. The molecule has 0 bridgehead atoms. The van der Waals surface area contributed by atoms with E-state index < -0.39 is 7.96 Å². The van der Waals surface area contributed by atoms with E-state index >= 15 is 3.89 Å². The predicted molar refractivity (Wildman–Crippen MR) is 171 cm³/mol. The highest BCUT2D eigenvalue weighted by atomic mass is 127. The summed E-state index contributed by atoms with van der Waals surface area (Å²) < 4.78 is 20.9. The van der Waals surface area contributed by atoms with Crippen molar-refractivity contribution in [2.45, 2.75) is 60.4 Å². The number of allylic oxidation sites excluding steroid dienone is 5. The van der Waals surface area contributed by atoms with Gasteiger partial charge < -0.3 is 0 Å². The zero-order valence-corrected chi connectivity index (χ0v) is 25.9. The average Bonchev–Trinajstić information content (AvgIpc) is 3.35. The summed E-state index contributed by atoms with van der Waals surface area (Å²) in [5, 5.41) is 0. The number of hydrogen-bond donors (Lipinski definition) is 0. The number of benzene rings is 2. The molecule has 0 N–H and O–H groups in total. The lowest BCUT2D eigenvalue weighted by Crippen LogP contribution is -2.34. The number of rotatable bonds is 3. The van der Waals surface area contributed by atoms with Crippen LogP contribution in [0.5, 0.6) is 0 Å². The van der Waals surface area contributed by atoms with Crippen molar-refractivity contribution in [1.82, 2.24) is 8.28 Å². The Bertz CT molecular complexity index is 1620. The molecule has 5 heteroatoms. The van der Waals surface area contributed by atoms with Gasteiger partial charge in [0.1, 0.15) is 7.96 Å². The van der Waals surface area contributed by atoms with Crippen molar-refractivity contribution in [3.05, 3.63) is 117 Å². The minimum atomic E-state index is -2.77. The molecular weight excluding hydrogens is 602 g/mol. The number of hydrogen-bond acceptors (Lipinski definition) is 1. The Kier molecular flexibility index (Phi) is 6.30. The fraction of sp³-hybridized carbons (Fsp3) is 0.273. The third-order valence-corrected chi connectivity index (χ3v) is 12.5. The van der Waals surface area contributed by atoms with E-state index in [9.17, 15) is 0 Å². The number of aryl methyl sites for hydroxylation is 3. The molecule has 3 aliphatic rings. The maximum atomic E-state index is 16.9. The molecule has 2 unspecified atom stereocenters. The lowest BCUT2D eigenvalue weighted by molar-refractivity contribution is 0.512. The topological polar surface area (TPSA) is 8.17 Å². The maximum Gasteiger partial charge on any atom is 0.129 e. The molecular formula is C33H34FIN2S. The van der Waals surface area contributed by atoms with E-state index in [0.29, 0.717) is 0 Å². The van der Waals surface area contributed by atoms with Crippen LogP contribution < -0.4 is 0 Å². The van der Waals surface area contributed by atoms with Gasteiger partial charge in [-0.15, -0.1) is 3.89 Å². The van der Waals surface area contributed by atoms with Gasteiger partial charge in [0, 0.05) is 11.3 Å². The van der Waals surface area contributed by atoms with E-state index in [1.807, 2.05) is 15.2 Å². The molecule has 1 aliphatic carbocycles. The highest BCUT2D eigenvalue weighted by molar-refractivity contribution is 14.2. The second-order valence-electron chi connectivity index (χ2n) is 10.9. The summed E-state index contributed by atoms with van der Waals surface area (Å²) in [6.45, 7) is 12.8. The lowest BCUT2D eigenvalue weighted by atomic mass is 9.86. The van der Waals surface area contributed by atoms with Crippen LogP contribution in [0.4, 0.5) is 3.89 Å². The largest absolute Gasteiger partial charge is 0.279 e. The molecule has 38 heavy (non-hydrogen) atoms. The second-order valence-corrected chi connectivity index (χ2v) is 15.8. The lowest BCUT2D eigenvalue weighted by Gasteiger charge is -2.46. The van der Waals surface area contributed by atoms with Crippen molar-refractivity contribution in [3.8, 4) is 11.1 Å². The van der Waals surface area contributed by atoms with Crippen LogP contribution in [-0.2, 0) is 0 Å². The molecule has 0 saturated carbocycles. The van der Waals surface area contributed by atoms with Gasteiger partial charge in [0.15, 0.2) is 0 Å². The van der Waals surface area contributed by atoms with Gasteiger partial charge in [-0.1, -0.05) is 42.5 Å². The molecule has 0 amide bonds. The Hall–Kier alpha value is -2.51. The summed E-state index contributed by atoms with van der Waals surface area (Å²) in [4.78, 5) is 0. The fourth-order valence-electron chi connectivity index (χ4n) is 6.49. The normalized spacial score (nSPS) is 24.4. The van der Waals surface area contributed by atoms with Gasteiger partial charge in [-0.05, 0) is 129 Å². The SMILES string of the molecule is CC1=CC(C)N2C1=C(c1cc(C3=C(C)C=CCC3)cc(-c3ccccc3C)c1)c1c(C)cc(C)n1S2(F)I. The van der Waals surface area contributed by atoms with Crippen LogP contribution in [0.25, 0.3) is 22.3 Å². The van der Waals surface area contributed by atoms with E-state index in [-0.39, 0.29) is 6.04 Å². The van der Waals surface area contributed by atoms with Gasteiger partial charge >= 0.3 is 0 Å².